The highest BCUT2D eigenvalue weighted by Gasteiger charge is 1.98. The molecule has 0 aromatic heterocycles. The summed E-state index contributed by atoms with van der Waals surface area (Å²) >= 11 is 0. The molecule has 0 spiro atoms. The molecule has 0 heterocycles. The normalized spacial score (nSPS) is 13.4. The van der Waals surface area contributed by atoms with E-state index in [9.17, 15) is 0 Å². The van der Waals surface area contributed by atoms with Gasteiger partial charge in [0, 0.05) is 0 Å². The van der Waals surface area contributed by atoms with E-state index < -0.39 is 6.10 Å². The van der Waals surface area contributed by atoms with Crippen molar-refractivity contribution in [1.82, 2.24) is 0 Å². The second kappa shape index (κ2) is 10.5. The van der Waals surface area contributed by atoms with Gasteiger partial charge in [0.25, 0.3) is 0 Å². The zero-order valence-corrected chi connectivity index (χ0v) is 8.98. The van der Waals surface area contributed by atoms with E-state index in [1.54, 1.807) is 6.26 Å². The maximum Gasteiger partial charge on any atom is 0.115 e. The fraction of sp³-hybridized carbons (Fsp3) is 0.818. The summed E-state index contributed by atoms with van der Waals surface area (Å²) in [6, 6.07) is 0. The Balaban J connectivity index is 3.11. The second-order valence-electron chi connectivity index (χ2n) is 3.39. The zero-order chi connectivity index (χ0) is 10.6. The third kappa shape index (κ3) is 9.55. The Morgan fingerprint density at radius 3 is 2.71 bits per heavy atom. The summed E-state index contributed by atoms with van der Waals surface area (Å²) in [4.78, 5) is 0. The number of allylic oxidation sites excluding steroid dienone is 1. The summed E-state index contributed by atoms with van der Waals surface area (Å²) < 4.78 is 5.00. The van der Waals surface area contributed by atoms with Crippen LogP contribution < -0.4 is 0 Å². The number of aliphatic hydroxyl groups excluding tert-OH is 2. The molecule has 3 nitrogen and oxygen atoms in total. The Kier molecular flexibility index (Phi) is 10.1. The van der Waals surface area contributed by atoms with Crippen molar-refractivity contribution in [2.24, 2.45) is 0 Å². The van der Waals surface area contributed by atoms with Crippen molar-refractivity contribution in [2.75, 3.05) is 13.2 Å². The number of ether oxygens (including phenoxy) is 1. The van der Waals surface area contributed by atoms with Crippen LogP contribution in [0.2, 0.25) is 0 Å². The van der Waals surface area contributed by atoms with Crippen LogP contribution >= 0.6 is 0 Å². The van der Waals surface area contributed by atoms with Crippen LogP contribution in [0, 0.1) is 0 Å². The molecule has 1 unspecified atom stereocenters. The topological polar surface area (TPSA) is 49.7 Å². The first kappa shape index (κ1) is 13.5. The van der Waals surface area contributed by atoms with E-state index in [1.165, 1.54) is 25.7 Å². The summed E-state index contributed by atoms with van der Waals surface area (Å²) in [5.74, 6) is 0. The average molecular weight is 202 g/mol. The van der Waals surface area contributed by atoms with Crippen molar-refractivity contribution < 1.29 is 14.9 Å². The first-order valence-electron chi connectivity index (χ1n) is 5.36. The summed E-state index contributed by atoms with van der Waals surface area (Å²) in [6.07, 6.45) is 8.82. The SMILES string of the molecule is CCCCCC/C=C/OCC(O)CO. The van der Waals surface area contributed by atoms with Crippen LogP contribution in [0.5, 0.6) is 0 Å². The Labute approximate surface area is 86.4 Å². The Hall–Kier alpha value is -0.540. The molecule has 0 bridgehead atoms. The minimum Gasteiger partial charge on any atom is -0.499 e. The van der Waals surface area contributed by atoms with Gasteiger partial charge in [-0.1, -0.05) is 26.2 Å². The fourth-order valence-electron chi connectivity index (χ4n) is 1.04. The van der Waals surface area contributed by atoms with E-state index in [2.05, 4.69) is 6.92 Å². The summed E-state index contributed by atoms with van der Waals surface area (Å²) in [7, 11) is 0. The van der Waals surface area contributed by atoms with E-state index in [4.69, 9.17) is 14.9 Å². The molecule has 3 heteroatoms. The van der Waals surface area contributed by atoms with E-state index in [1.807, 2.05) is 6.08 Å². The largest absolute Gasteiger partial charge is 0.499 e. The average Bonchev–Trinajstić information content (AvgIpc) is 2.21. The molecule has 0 aliphatic rings. The van der Waals surface area contributed by atoms with E-state index in [-0.39, 0.29) is 13.2 Å². The van der Waals surface area contributed by atoms with Crippen LogP contribution in [0.4, 0.5) is 0 Å². The molecule has 0 aromatic rings. The highest BCUT2D eigenvalue weighted by atomic mass is 16.5. The molecule has 0 saturated carbocycles. The second-order valence-corrected chi connectivity index (χ2v) is 3.39. The molecule has 0 amide bonds. The zero-order valence-electron chi connectivity index (χ0n) is 8.98. The highest BCUT2D eigenvalue weighted by molar-refractivity contribution is 4.73. The van der Waals surface area contributed by atoms with Crippen LogP contribution in [-0.4, -0.2) is 29.5 Å². The molecule has 84 valence electrons. The van der Waals surface area contributed by atoms with Gasteiger partial charge in [0.2, 0.25) is 0 Å². The number of aliphatic hydroxyl groups is 2. The summed E-state index contributed by atoms with van der Waals surface area (Å²) in [5, 5.41) is 17.4. The number of hydrogen-bond donors (Lipinski definition) is 2. The lowest BCUT2D eigenvalue weighted by Gasteiger charge is -2.05. The lowest BCUT2D eigenvalue weighted by molar-refractivity contribution is 0.0383. The van der Waals surface area contributed by atoms with Crippen molar-refractivity contribution in [2.45, 2.75) is 45.1 Å². The Morgan fingerprint density at radius 2 is 2.07 bits per heavy atom. The molecule has 0 fully saturated rings. The van der Waals surface area contributed by atoms with Gasteiger partial charge in [0.15, 0.2) is 0 Å². The molecule has 0 aliphatic heterocycles. The molecule has 14 heavy (non-hydrogen) atoms. The molecule has 0 rings (SSSR count). The predicted octanol–water partition coefficient (Wildman–Crippen LogP) is 1.84. The minimum atomic E-state index is -0.764. The molecule has 0 radical (unpaired) electrons. The minimum absolute atomic E-state index is 0.169. The smallest absolute Gasteiger partial charge is 0.115 e. The van der Waals surface area contributed by atoms with Gasteiger partial charge < -0.3 is 14.9 Å². The lowest BCUT2D eigenvalue weighted by atomic mass is 10.1. The summed E-state index contributed by atoms with van der Waals surface area (Å²) in [5.41, 5.74) is 0. The molecule has 0 aliphatic carbocycles. The fourth-order valence-corrected chi connectivity index (χ4v) is 1.04. The number of unbranched alkanes of at least 4 members (excludes halogenated alkanes) is 4. The van der Waals surface area contributed by atoms with Crippen LogP contribution in [-0.2, 0) is 4.74 Å². The van der Waals surface area contributed by atoms with E-state index >= 15 is 0 Å². The van der Waals surface area contributed by atoms with Gasteiger partial charge in [0.1, 0.15) is 12.7 Å². The van der Waals surface area contributed by atoms with Crippen molar-refractivity contribution >= 4 is 0 Å². The molecular weight excluding hydrogens is 180 g/mol. The summed E-state index contributed by atoms with van der Waals surface area (Å²) in [6.45, 7) is 2.11. The monoisotopic (exact) mass is 202 g/mol. The molecule has 0 aromatic carbocycles. The van der Waals surface area contributed by atoms with Crippen molar-refractivity contribution in [3.8, 4) is 0 Å². The molecule has 2 N–H and O–H groups in total. The molecular formula is C11H22O3. The predicted molar refractivity (Wildman–Crippen MR) is 56.9 cm³/mol. The first-order valence-corrected chi connectivity index (χ1v) is 5.36. The van der Waals surface area contributed by atoms with Crippen molar-refractivity contribution in [3.63, 3.8) is 0 Å². The molecule has 0 saturated heterocycles. The van der Waals surface area contributed by atoms with Crippen LogP contribution in [0.3, 0.4) is 0 Å². The van der Waals surface area contributed by atoms with Gasteiger partial charge in [-0.2, -0.15) is 0 Å². The maximum atomic E-state index is 8.92. The van der Waals surface area contributed by atoms with Gasteiger partial charge in [-0.15, -0.1) is 0 Å². The van der Waals surface area contributed by atoms with Crippen LogP contribution in [0.1, 0.15) is 39.0 Å². The van der Waals surface area contributed by atoms with E-state index in [0.717, 1.165) is 6.42 Å². The van der Waals surface area contributed by atoms with Crippen LogP contribution in [0.25, 0.3) is 0 Å². The standard InChI is InChI=1S/C11H22O3/c1-2-3-4-5-6-7-8-14-10-11(13)9-12/h7-8,11-13H,2-6,9-10H2,1H3/b8-7+. The number of hydrogen-bond acceptors (Lipinski definition) is 3. The molecule has 1 atom stereocenters. The van der Waals surface area contributed by atoms with Crippen molar-refractivity contribution in [3.05, 3.63) is 12.3 Å². The number of rotatable bonds is 9. The quantitative estimate of drug-likeness (QED) is 0.443. The maximum absolute atomic E-state index is 8.92. The Morgan fingerprint density at radius 1 is 1.29 bits per heavy atom. The lowest BCUT2D eigenvalue weighted by Crippen LogP contribution is -2.17. The third-order valence-electron chi connectivity index (χ3n) is 1.92. The van der Waals surface area contributed by atoms with Crippen LogP contribution in [0.15, 0.2) is 12.3 Å². The van der Waals surface area contributed by atoms with Crippen molar-refractivity contribution in [1.29, 1.82) is 0 Å². The Bertz CT molecular complexity index is 134. The van der Waals surface area contributed by atoms with Gasteiger partial charge in [-0.05, 0) is 18.9 Å². The highest BCUT2D eigenvalue weighted by Crippen LogP contribution is 2.02. The van der Waals surface area contributed by atoms with E-state index in [0.29, 0.717) is 0 Å². The van der Waals surface area contributed by atoms with Gasteiger partial charge in [-0.3, -0.25) is 0 Å². The van der Waals surface area contributed by atoms with Gasteiger partial charge in [-0.25, -0.2) is 0 Å². The first-order chi connectivity index (χ1) is 6.81. The third-order valence-corrected chi connectivity index (χ3v) is 1.92. The van der Waals surface area contributed by atoms with Gasteiger partial charge in [0.05, 0.1) is 12.9 Å². The van der Waals surface area contributed by atoms with Gasteiger partial charge >= 0.3 is 0 Å².